The van der Waals surface area contributed by atoms with E-state index in [1.165, 1.54) is 6.42 Å². The fourth-order valence-corrected chi connectivity index (χ4v) is 1.69. The Morgan fingerprint density at radius 3 is 2.93 bits per heavy atom. The van der Waals surface area contributed by atoms with E-state index >= 15 is 0 Å². The predicted octanol–water partition coefficient (Wildman–Crippen LogP) is 1.25. The van der Waals surface area contributed by atoms with Crippen LogP contribution in [0.2, 0.25) is 0 Å². The van der Waals surface area contributed by atoms with Gasteiger partial charge >= 0.3 is 0 Å². The molecule has 0 saturated heterocycles. The zero-order chi connectivity index (χ0) is 10.4. The molecule has 1 aliphatic carbocycles. The number of anilines is 1. The minimum Gasteiger partial charge on any atom is -0.366 e. The number of hydrogen-bond acceptors (Lipinski definition) is 4. The van der Waals surface area contributed by atoms with E-state index in [1.54, 1.807) is 4.52 Å². The third kappa shape index (κ3) is 1.44. The number of aromatic nitrogens is 4. The van der Waals surface area contributed by atoms with Crippen molar-refractivity contribution in [1.29, 1.82) is 0 Å². The third-order valence-electron chi connectivity index (χ3n) is 2.86. The first kappa shape index (κ1) is 8.64. The lowest BCUT2D eigenvalue weighted by molar-refractivity contribution is 0.859. The summed E-state index contributed by atoms with van der Waals surface area (Å²) in [6.07, 6.45) is 1.24. The van der Waals surface area contributed by atoms with Crippen LogP contribution in [-0.4, -0.2) is 25.9 Å². The maximum Gasteiger partial charge on any atom is 0.178 e. The minimum atomic E-state index is 0.590. The van der Waals surface area contributed by atoms with Gasteiger partial charge in [-0.2, -0.15) is 4.52 Å². The molecule has 1 fully saturated rings. The first-order valence-electron chi connectivity index (χ1n) is 5.19. The number of hydrogen-bond donors (Lipinski definition) is 1. The summed E-state index contributed by atoms with van der Waals surface area (Å²) >= 11 is 0. The van der Waals surface area contributed by atoms with Gasteiger partial charge in [0.2, 0.25) is 0 Å². The van der Waals surface area contributed by atoms with E-state index in [0.29, 0.717) is 6.04 Å². The Bertz CT molecular complexity index is 503. The summed E-state index contributed by atoms with van der Waals surface area (Å²) in [5.41, 5.74) is 0.793. The van der Waals surface area contributed by atoms with Gasteiger partial charge in [-0.15, -0.1) is 15.3 Å². The van der Waals surface area contributed by atoms with Crippen LogP contribution < -0.4 is 5.32 Å². The highest BCUT2D eigenvalue weighted by molar-refractivity contribution is 5.45. The molecule has 2 unspecified atom stereocenters. The predicted molar refractivity (Wildman–Crippen MR) is 56.7 cm³/mol. The summed E-state index contributed by atoms with van der Waals surface area (Å²) in [5.74, 6) is 2.49. The molecule has 0 radical (unpaired) electrons. The summed E-state index contributed by atoms with van der Waals surface area (Å²) in [5, 5.41) is 15.8. The molecule has 1 aliphatic rings. The average molecular weight is 203 g/mol. The normalized spacial score (nSPS) is 24.4. The molecule has 2 aromatic heterocycles. The van der Waals surface area contributed by atoms with Crippen molar-refractivity contribution in [2.24, 2.45) is 5.92 Å². The van der Waals surface area contributed by atoms with Crippen LogP contribution in [-0.2, 0) is 0 Å². The lowest BCUT2D eigenvalue weighted by Crippen LogP contribution is -2.07. The Labute approximate surface area is 87.5 Å². The molecule has 3 rings (SSSR count). The van der Waals surface area contributed by atoms with Gasteiger partial charge in [0.05, 0.1) is 0 Å². The zero-order valence-corrected chi connectivity index (χ0v) is 8.81. The number of fused-ring (bicyclic) bond motifs is 1. The molecular formula is C10H13N5. The lowest BCUT2D eigenvalue weighted by Gasteiger charge is -2.03. The Kier molecular flexibility index (Phi) is 1.68. The smallest absolute Gasteiger partial charge is 0.178 e. The second-order valence-corrected chi connectivity index (χ2v) is 4.20. The molecular weight excluding hydrogens is 190 g/mol. The number of nitrogens with one attached hydrogen (secondary N) is 1. The maximum absolute atomic E-state index is 4.43. The molecule has 0 aromatic carbocycles. The number of nitrogens with zero attached hydrogens (tertiary/aromatic N) is 4. The fraction of sp³-hybridized carbons (Fsp3) is 0.500. The molecule has 0 spiro atoms. The second kappa shape index (κ2) is 2.92. The largest absolute Gasteiger partial charge is 0.366 e. The molecule has 1 N–H and O–H groups in total. The molecule has 5 nitrogen and oxygen atoms in total. The van der Waals surface area contributed by atoms with Crippen molar-refractivity contribution in [3.05, 3.63) is 18.0 Å². The highest BCUT2D eigenvalue weighted by Crippen LogP contribution is 2.31. The second-order valence-electron chi connectivity index (χ2n) is 4.20. The van der Waals surface area contributed by atoms with E-state index in [2.05, 4.69) is 27.5 Å². The Hall–Kier alpha value is -1.65. The van der Waals surface area contributed by atoms with Crippen molar-refractivity contribution in [1.82, 2.24) is 19.8 Å². The van der Waals surface area contributed by atoms with Crippen LogP contribution in [0.15, 0.2) is 12.1 Å². The quantitative estimate of drug-likeness (QED) is 0.798. The molecule has 15 heavy (non-hydrogen) atoms. The molecule has 0 amide bonds. The van der Waals surface area contributed by atoms with Crippen LogP contribution in [0, 0.1) is 12.8 Å². The topological polar surface area (TPSA) is 55.1 Å². The Balaban J connectivity index is 1.94. The molecule has 2 aromatic rings. The maximum atomic E-state index is 4.43. The van der Waals surface area contributed by atoms with Crippen LogP contribution in [0.1, 0.15) is 19.2 Å². The molecule has 1 saturated carbocycles. The number of aryl methyl sites for hydroxylation is 1. The van der Waals surface area contributed by atoms with E-state index in [9.17, 15) is 0 Å². The van der Waals surface area contributed by atoms with Crippen molar-refractivity contribution in [3.63, 3.8) is 0 Å². The van der Waals surface area contributed by atoms with Gasteiger partial charge < -0.3 is 5.32 Å². The summed E-state index contributed by atoms with van der Waals surface area (Å²) < 4.78 is 1.76. The highest BCUT2D eigenvalue weighted by atomic mass is 15.4. The molecule has 0 bridgehead atoms. The average Bonchev–Trinajstić information content (AvgIpc) is 2.78. The van der Waals surface area contributed by atoms with Gasteiger partial charge in [0.25, 0.3) is 0 Å². The number of rotatable bonds is 2. The Morgan fingerprint density at radius 1 is 1.40 bits per heavy atom. The molecule has 2 atom stereocenters. The van der Waals surface area contributed by atoms with Crippen LogP contribution >= 0.6 is 0 Å². The third-order valence-corrected chi connectivity index (χ3v) is 2.86. The Morgan fingerprint density at radius 2 is 2.20 bits per heavy atom. The highest BCUT2D eigenvalue weighted by Gasteiger charge is 2.32. The first-order valence-corrected chi connectivity index (χ1v) is 5.19. The zero-order valence-electron chi connectivity index (χ0n) is 8.81. The van der Waals surface area contributed by atoms with Crippen molar-refractivity contribution >= 4 is 11.5 Å². The summed E-state index contributed by atoms with van der Waals surface area (Å²) in [4.78, 5) is 0. The molecule has 2 heterocycles. The van der Waals surface area contributed by atoms with E-state index in [4.69, 9.17) is 0 Å². The van der Waals surface area contributed by atoms with Gasteiger partial charge in [-0.05, 0) is 31.4 Å². The van der Waals surface area contributed by atoms with Crippen molar-refractivity contribution < 1.29 is 0 Å². The van der Waals surface area contributed by atoms with Crippen LogP contribution in [0.5, 0.6) is 0 Å². The van der Waals surface area contributed by atoms with Gasteiger partial charge in [-0.3, -0.25) is 0 Å². The van der Waals surface area contributed by atoms with E-state index in [-0.39, 0.29) is 0 Å². The summed E-state index contributed by atoms with van der Waals surface area (Å²) in [7, 11) is 0. The van der Waals surface area contributed by atoms with Gasteiger partial charge in [0, 0.05) is 6.04 Å². The molecule has 5 heteroatoms. The van der Waals surface area contributed by atoms with E-state index < -0.39 is 0 Å². The SMILES string of the molecule is Cc1nnc2ccc(NC3CC3C)nn12. The summed E-state index contributed by atoms with van der Waals surface area (Å²) in [6, 6.07) is 4.48. The minimum absolute atomic E-state index is 0.590. The van der Waals surface area contributed by atoms with Crippen molar-refractivity contribution in [2.75, 3.05) is 5.32 Å². The van der Waals surface area contributed by atoms with Crippen LogP contribution in [0.3, 0.4) is 0 Å². The van der Waals surface area contributed by atoms with Crippen LogP contribution in [0.4, 0.5) is 5.82 Å². The van der Waals surface area contributed by atoms with Crippen molar-refractivity contribution in [3.8, 4) is 0 Å². The van der Waals surface area contributed by atoms with Gasteiger partial charge in [-0.25, -0.2) is 0 Å². The van der Waals surface area contributed by atoms with Crippen LogP contribution in [0.25, 0.3) is 5.65 Å². The molecule has 78 valence electrons. The van der Waals surface area contributed by atoms with E-state index in [0.717, 1.165) is 23.2 Å². The standard InChI is InChI=1S/C10H13N5/c1-6-5-8(6)11-9-3-4-10-13-12-7(2)15(10)14-9/h3-4,6,8H,5H2,1-2H3,(H,11,14). The fourth-order valence-electron chi connectivity index (χ4n) is 1.69. The van der Waals surface area contributed by atoms with Gasteiger partial charge in [0.15, 0.2) is 11.5 Å². The monoisotopic (exact) mass is 203 g/mol. The molecule has 0 aliphatic heterocycles. The summed E-state index contributed by atoms with van der Waals surface area (Å²) in [6.45, 7) is 4.14. The van der Waals surface area contributed by atoms with Crippen molar-refractivity contribution in [2.45, 2.75) is 26.3 Å². The first-order chi connectivity index (χ1) is 7.24. The lowest BCUT2D eigenvalue weighted by atomic mass is 10.4. The van der Waals surface area contributed by atoms with Gasteiger partial charge in [0.1, 0.15) is 5.82 Å². The van der Waals surface area contributed by atoms with Gasteiger partial charge in [-0.1, -0.05) is 6.92 Å². The van der Waals surface area contributed by atoms with E-state index in [1.807, 2.05) is 19.1 Å².